The van der Waals surface area contributed by atoms with Gasteiger partial charge in [0.15, 0.2) is 5.76 Å². The molecule has 4 rings (SSSR count). The fourth-order valence-electron chi connectivity index (χ4n) is 3.61. The van der Waals surface area contributed by atoms with Crippen LogP contribution in [0.25, 0.3) is 11.3 Å². The van der Waals surface area contributed by atoms with Crippen molar-refractivity contribution in [3.05, 3.63) is 52.3 Å². The highest BCUT2D eigenvalue weighted by molar-refractivity contribution is 5.92. The van der Waals surface area contributed by atoms with E-state index in [0.717, 1.165) is 12.8 Å². The smallest absolute Gasteiger partial charge is 0.287 e. The van der Waals surface area contributed by atoms with Crippen LogP contribution in [0.2, 0.25) is 0 Å². The predicted molar refractivity (Wildman–Crippen MR) is 93.9 cm³/mol. The average molecular weight is 364 g/mol. The minimum atomic E-state index is -0.456. The molecule has 2 aromatic rings. The lowest BCUT2D eigenvalue weighted by Crippen LogP contribution is -2.42. The number of amides is 1. The number of nitro groups is 1. The lowest BCUT2D eigenvalue weighted by Gasteiger charge is -2.20. The lowest BCUT2D eigenvalue weighted by molar-refractivity contribution is -0.384. The Morgan fingerprint density at radius 3 is 2.80 bits per heavy atom. The molecule has 1 aromatic carbocycles. The molecule has 3 heterocycles. The summed E-state index contributed by atoms with van der Waals surface area (Å²) in [4.78, 5) is 22.8. The van der Waals surface area contributed by atoms with Crippen LogP contribution < -0.4 is 10.6 Å². The van der Waals surface area contributed by atoms with Crippen molar-refractivity contribution in [2.24, 2.45) is 0 Å². The second kappa shape index (κ2) is 6.85. The second-order valence-corrected chi connectivity index (χ2v) is 6.33. The highest BCUT2D eigenvalue weighted by atomic mass is 35.5. The Kier molecular flexibility index (Phi) is 4.78. The predicted octanol–water partition coefficient (Wildman–Crippen LogP) is 2.90. The van der Waals surface area contributed by atoms with E-state index in [2.05, 4.69) is 10.6 Å². The van der Waals surface area contributed by atoms with Gasteiger partial charge in [-0.05, 0) is 31.4 Å². The monoisotopic (exact) mass is 363 g/mol. The van der Waals surface area contributed by atoms with Crippen molar-refractivity contribution in [2.45, 2.75) is 37.4 Å². The summed E-state index contributed by atoms with van der Waals surface area (Å²) in [6, 6.07) is 10.4. The van der Waals surface area contributed by atoms with Crippen LogP contribution >= 0.6 is 12.4 Å². The van der Waals surface area contributed by atoms with E-state index >= 15 is 0 Å². The fraction of sp³-hybridized carbons (Fsp3) is 0.353. The van der Waals surface area contributed by atoms with E-state index in [1.54, 1.807) is 24.3 Å². The van der Waals surface area contributed by atoms with Gasteiger partial charge in [0.2, 0.25) is 0 Å². The van der Waals surface area contributed by atoms with Gasteiger partial charge in [0.1, 0.15) is 5.76 Å². The largest absolute Gasteiger partial charge is 0.451 e. The maximum absolute atomic E-state index is 12.4. The summed E-state index contributed by atoms with van der Waals surface area (Å²) < 4.78 is 5.60. The molecule has 0 aliphatic carbocycles. The van der Waals surface area contributed by atoms with Crippen molar-refractivity contribution in [3.8, 4) is 11.3 Å². The summed E-state index contributed by atoms with van der Waals surface area (Å²) in [5.41, 5.74) is 0.563. The minimum absolute atomic E-state index is 0. The first kappa shape index (κ1) is 17.4. The molecule has 2 saturated heterocycles. The third-order valence-electron chi connectivity index (χ3n) is 4.79. The SMILES string of the molecule is Cl.O=C(N[C@@H]1C[C@H]2CC[C@@H]1N2)c1ccc(-c2cccc([N+](=O)[O-])c2)o1. The van der Waals surface area contributed by atoms with Gasteiger partial charge in [-0.2, -0.15) is 0 Å². The number of non-ortho nitro benzene ring substituents is 1. The first-order valence-electron chi connectivity index (χ1n) is 8.02. The molecule has 2 aliphatic heterocycles. The van der Waals surface area contributed by atoms with Crippen molar-refractivity contribution in [1.29, 1.82) is 0 Å². The van der Waals surface area contributed by atoms with Gasteiger partial charge in [0.05, 0.1) is 4.92 Å². The molecule has 0 radical (unpaired) electrons. The molecule has 2 aliphatic rings. The van der Waals surface area contributed by atoms with E-state index in [1.807, 2.05) is 0 Å². The van der Waals surface area contributed by atoms with Crippen LogP contribution in [0.4, 0.5) is 5.69 Å². The Balaban J connectivity index is 0.00000182. The number of carbonyl (C=O) groups excluding carboxylic acids is 1. The summed E-state index contributed by atoms with van der Waals surface area (Å²) in [7, 11) is 0. The van der Waals surface area contributed by atoms with Crippen LogP contribution in [0.1, 0.15) is 29.8 Å². The highest BCUT2D eigenvalue weighted by Crippen LogP contribution is 2.29. The Labute approximate surface area is 150 Å². The molecule has 2 fully saturated rings. The Bertz CT molecular complexity index is 807. The van der Waals surface area contributed by atoms with E-state index < -0.39 is 4.92 Å². The number of rotatable bonds is 4. The highest BCUT2D eigenvalue weighted by Gasteiger charge is 2.39. The summed E-state index contributed by atoms with van der Waals surface area (Å²) in [5, 5.41) is 17.3. The van der Waals surface area contributed by atoms with Gasteiger partial charge >= 0.3 is 0 Å². The molecule has 0 spiro atoms. The van der Waals surface area contributed by atoms with Gasteiger partial charge in [0.25, 0.3) is 11.6 Å². The normalized spacial score (nSPS) is 23.9. The number of benzene rings is 1. The average Bonchev–Trinajstić information content (AvgIpc) is 3.31. The van der Waals surface area contributed by atoms with Crippen LogP contribution in [0.5, 0.6) is 0 Å². The number of nitrogens with one attached hydrogen (secondary N) is 2. The van der Waals surface area contributed by atoms with Crippen molar-refractivity contribution in [2.75, 3.05) is 0 Å². The molecule has 1 amide bonds. The summed E-state index contributed by atoms with van der Waals surface area (Å²) in [5.74, 6) is 0.417. The van der Waals surface area contributed by atoms with Crippen molar-refractivity contribution in [3.63, 3.8) is 0 Å². The van der Waals surface area contributed by atoms with Gasteiger partial charge in [-0.3, -0.25) is 14.9 Å². The van der Waals surface area contributed by atoms with Gasteiger partial charge in [-0.25, -0.2) is 0 Å². The maximum Gasteiger partial charge on any atom is 0.287 e. The molecule has 2 bridgehead atoms. The molecule has 7 nitrogen and oxygen atoms in total. The second-order valence-electron chi connectivity index (χ2n) is 6.33. The van der Waals surface area contributed by atoms with Crippen LogP contribution in [0.3, 0.4) is 0 Å². The third kappa shape index (κ3) is 3.38. The first-order chi connectivity index (χ1) is 11.6. The summed E-state index contributed by atoms with van der Waals surface area (Å²) in [6.07, 6.45) is 3.22. The zero-order valence-electron chi connectivity index (χ0n) is 13.3. The molecular weight excluding hydrogens is 346 g/mol. The molecule has 8 heteroatoms. The lowest BCUT2D eigenvalue weighted by atomic mass is 9.95. The Morgan fingerprint density at radius 2 is 2.12 bits per heavy atom. The molecule has 25 heavy (non-hydrogen) atoms. The maximum atomic E-state index is 12.4. The van der Waals surface area contributed by atoms with E-state index in [9.17, 15) is 14.9 Å². The molecule has 0 saturated carbocycles. The quantitative estimate of drug-likeness (QED) is 0.643. The Morgan fingerprint density at radius 1 is 1.28 bits per heavy atom. The van der Waals surface area contributed by atoms with Crippen molar-refractivity contribution in [1.82, 2.24) is 10.6 Å². The summed E-state index contributed by atoms with van der Waals surface area (Å²) in [6.45, 7) is 0. The van der Waals surface area contributed by atoms with Crippen molar-refractivity contribution < 1.29 is 14.1 Å². The van der Waals surface area contributed by atoms with E-state index in [0.29, 0.717) is 23.4 Å². The number of halogens is 1. The Hall–Kier alpha value is -2.38. The summed E-state index contributed by atoms with van der Waals surface area (Å²) >= 11 is 0. The fourth-order valence-corrected chi connectivity index (χ4v) is 3.61. The van der Waals surface area contributed by atoms with Crippen LogP contribution in [-0.2, 0) is 0 Å². The van der Waals surface area contributed by atoms with Gasteiger partial charge in [-0.15, -0.1) is 12.4 Å². The number of hydrogen-bond acceptors (Lipinski definition) is 5. The van der Waals surface area contributed by atoms with Gasteiger partial charge < -0.3 is 15.1 Å². The molecule has 2 N–H and O–H groups in total. The third-order valence-corrected chi connectivity index (χ3v) is 4.79. The van der Waals surface area contributed by atoms with Crippen molar-refractivity contribution >= 4 is 24.0 Å². The van der Waals surface area contributed by atoms with E-state index in [-0.39, 0.29) is 35.8 Å². The van der Waals surface area contributed by atoms with Gasteiger partial charge in [-0.1, -0.05) is 12.1 Å². The minimum Gasteiger partial charge on any atom is -0.451 e. The number of nitrogens with zero attached hydrogens (tertiary/aromatic N) is 1. The molecule has 1 aromatic heterocycles. The number of nitro benzene ring substituents is 1. The first-order valence-corrected chi connectivity index (χ1v) is 8.02. The van der Waals surface area contributed by atoms with Crippen LogP contribution in [-0.4, -0.2) is 29.0 Å². The standard InChI is InChI=1S/C17H17N3O4.ClH/c21-17(19-14-9-11-4-5-13(14)18-11)16-7-6-15(24-16)10-2-1-3-12(8-10)20(22)23;/h1-3,6-8,11,13-14,18H,4-5,9H2,(H,19,21);1H/t11-,13+,14-;/m1./s1. The molecule has 132 valence electrons. The zero-order valence-corrected chi connectivity index (χ0v) is 14.1. The molecular formula is C17H18ClN3O4. The number of hydrogen-bond donors (Lipinski definition) is 2. The molecule has 3 atom stereocenters. The van der Waals surface area contributed by atoms with Crippen LogP contribution in [0.15, 0.2) is 40.8 Å². The van der Waals surface area contributed by atoms with Gasteiger partial charge in [0, 0.05) is 35.8 Å². The van der Waals surface area contributed by atoms with E-state index in [1.165, 1.54) is 18.6 Å². The zero-order chi connectivity index (χ0) is 16.7. The number of carbonyl (C=O) groups is 1. The topological polar surface area (TPSA) is 97.4 Å². The van der Waals surface area contributed by atoms with E-state index in [4.69, 9.17) is 4.42 Å². The number of fused-ring (bicyclic) bond motifs is 2. The number of furan rings is 1. The van der Waals surface area contributed by atoms with Crippen LogP contribution in [0, 0.1) is 10.1 Å². The molecule has 0 unspecified atom stereocenters.